The van der Waals surface area contributed by atoms with Crippen LogP contribution in [0.1, 0.15) is 174 Å². The fourth-order valence-corrected chi connectivity index (χ4v) is 5.38. The van der Waals surface area contributed by atoms with Crippen molar-refractivity contribution in [3.05, 3.63) is 36.5 Å². The lowest BCUT2D eigenvalue weighted by Gasteiger charge is -2.15. The predicted octanol–water partition coefficient (Wildman–Crippen LogP) is 9.89. The Morgan fingerprint density at radius 2 is 1.17 bits per heavy atom. The molecular weight excluding hydrogens is 576 g/mol. The van der Waals surface area contributed by atoms with E-state index in [1.807, 2.05) is 6.08 Å². The molecule has 0 rings (SSSR count). The molecule has 266 valence electrons. The van der Waals surface area contributed by atoms with Crippen molar-refractivity contribution in [2.45, 2.75) is 187 Å². The van der Waals surface area contributed by atoms with Gasteiger partial charge in [0.2, 0.25) is 5.91 Å². The summed E-state index contributed by atoms with van der Waals surface area (Å²) >= 11 is 0. The lowest BCUT2D eigenvalue weighted by atomic mass is 10.0. The first-order chi connectivity index (χ1) is 22.4. The number of carbonyl (C=O) groups excluding carboxylic acids is 2. The van der Waals surface area contributed by atoms with Crippen LogP contribution < -0.4 is 11.1 Å². The molecule has 0 heterocycles. The van der Waals surface area contributed by atoms with Crippen molar-refractivity contribution in [1.82, 2.24) is 5.32 Å². The van der Waals surface area contributed by atoms with Crippen molar-refractivity contribution in [3.8, 4) is 0 Å². The molecule has 0 aliphatic heterocycles. The highest BCUT2D eigenvalue weighted by molar-refractivity contribution is 5.83. The number of ether oxygens (including phenoxy) is 1. The molecule has 0 bridgehead atoms. The van der Waals surface area contributed by atoms with Gasteiger partial charge in [-0.15, -0.1) is 0 Å². The number of rotatable bonds is 33. The lowest BCUT2D eigenvalue weighted by molar-refractivity contribution is -0.147. The predicted molar refractivity (Wildman–Crippen MR) is 193 cm³/mol. The number of hydrogen-bond donors (Lipinski definition) is 3. The molecule has 0 aliphatic rings. The van der Waals surface area contributed by atoms with Crippen LogP contribution >= 0.6 is 0 Å². The van der Waals surface area contributed by atoms with E-state index in [-0.39, 0.29) is 18.0 Å². The molecule has 0 aliphatic carbocycles. The Morgan fingerprint density at radius 1 is 0.652 bits per heavy atom. The van der Waals surface area contributed by atoms with Gasteiger partial charge in [0.25, 0.3) is 0 Å². The minimum atomic E-state index is -1.02. The zero-order valence-electron chi connectivity index (χ0n) is 29.7. The van der Waals surface area contributed by atoms with Crippen molar-refractivity contribution >= 4 is 17.8 Å². The van der Waals surface area contributed by atoms with Crippen LogP contribution in [0.5, 0.6) is 0 Å². The SMILES string of the molecule is CC/C=C\C/C=C\C/C=C\C(CCCCCCC(=O)NC(CCCN)C(=O)O)OC(=O)CCCCCCCCCCCCCCC. The normalized spacial score (nSPS) is 13.1. The van der Waals surface area contributed by atoms with Crippen LogP contribution in [0.4, 0.5) is 0 Å². The summed E-state index contributed by atoms with van der Waals surface area (Å²) in [4.78, 5) is 36.1. The third-order valence-corrected chi connectivity index (χ3v) is 8.20. The van der Waals surface area contributed by atoms with Gasteiger partial charge in [-0.3, -0.25) is 9.59 Å². The van der Waals surface area contributed by atoms with E-state index in [4.69, 9.17) is 10.5 Å². The van der Waals surface area contributed by atoms with Gasteiger partial charge in [0.1, 0.15) is 12.1 Å². The maximum Gasteiger partial charge on any atom is 0.326 e. The van der Waals surface area contributed by atoms with Crippen molar-refractivity contribution in [3.63, 3.8) is 0 Å². The number of nitrogens with two attached hydrogens (primary N) is 1. The second-order valence-electron chi connectivity index (χ2n) is 12.6. The van der Waals surface area contributed by atoms with Gasteiger partial charge in [0, 0.05) is 12.8 Å². The van der Waals surface area contributed by atoms with E-state index in [0.717, 1.165) is 57.8 Å². The van der Waals surface area contributed by atoms with Gasteiger partial charge in [-0.25, -0.2) is 4.79 Å². The average molecular weight is 647 g/mol. The van der Waals surface area contributed by atoms with Crippen molar-refractivity contribution in [1.29, 1.82) is 0 Å². The highest BCUT2D eigenvalue weighted by Gasteiger charge is 2.19. The van der Waals surface area contributed by atoms with Crippen LogP contribution in [0, 0.1) is 0 Å². The summed E-state index contributed by atoms with van der Waals surface area (Å²) in [7, 11) is 0. The summed E-state index contributed by atoms with van der Waals surface area (Å²) < 4.78 is 5.87. The third-order valence-electron chi connectivity index (χ3n) is 8.20. The maximum absolute atomic E-state index is 12.6. The number of carboxylic acid groups (broad SMARTS) is 1. The number of allylic oxidation sites excluding steroid dienone is 5. The van der Waals surface area contributed by atoms with Gasteiger partial charge in [0.15, 0.2) is 0 Å². The second kappa shape index (κ2) is 33.9. The number of carboxylic acids is 1. The van der Waals surface area contributed by atoms with E-state index in [1.54, 1.807) is 0 Å². The number of amides is 1. The first-order valence-corrected chi connectivity index (χ1v) is 18.8. The summed E-state index contributed by atoms with van der Waals surface area (Å²) in [6.07, 6.45) is 37.8. The molecule has 2 atom stereocenters. The molecular formula is C39H70N2O5. The number of nitrogens with one attached hydrogen (secondary N) is 1. The van der Waals surface area contributed by atoms with Crippen LogP contribution in [0.15, 0.2) is 36.5 Å². The van der Waals surface area contributed by atoms with E-state index >= 15 is 0 Å². The molecule has 7 heteroatoms. The molecule has 0 spiro atoms. The Kier molecular flexibility index (Phi) is 32.2. The number of esters is 1. The molecule has 2 unspecified atom stereocenters. The monoisotopic (exact) mass is 647 g/mol. The standard InChI is InChI=1S/C39H70N2O5/c1-3-5-7-9-11-13-14-15-16-17-19-21-27-33-38(43)46-35(29-24-20-18-12-10-8-6-4-2)30-25-22-23-26-32-37(42)41-36(39(44)45)31-28-34-40/h6,8,12,18,24,29,35-36H,3-5,7,9-11,13-17,19-23,25-28,30-34,40H2,1-2H3,(H,41,42)(H,44,45)/b8-6-,18-12-,29-24-. The van der Waals surface area contributed by atoms with Crippen molar-refractivity contribution in [2.24, 2.45) is 5.73 Å². The molecule has 0 aromatic rings. The van der Waals surface area contributed by atoms with Gasteiger partial charge in [0.05, 0.1) is 0 Å². The van der Waals surface area contributed by atoms with Crippen LogP contribution in [0.2, 0.25) is 0 Å². The van der Waals surface area contributed by atoms with E-state index in [9.17, 15) is 19.5 Å². The van der Waals surface area contributed by atoms with Crippen LogP contribution in [0.25, 0.3) is 0 Å². The Hall–Kier alpha value is -2.41. The van der Waals surface area contributed by atoms with Gasteiger partial charge >= 0.3 is 11.9 Å². The molecule has 0 aromatic heterocycles. The largest absolute Gasteiger partial charge is 0.480 e. The number of aliphatic carboxylic acids is 1. The van der Waals surface area contributed by atoms with E-state index in [1.165, 1.54) is 70.6 Å². The summed E-state index contributed by atoms with van der Waals surface area (Å²) in [6.45, 7) is 4.79. The van der Waals surface area contributed by atoms with Gasteiger partial charge < -0.3 is 20.9 Å². The van der Waals surface area contributed by atoms with E-state index < -0.39 is 12.0 Å². The van der Waals surface area contributed by atoms with Crippen LogP contribution in [-0.2, 0) is 19.1 Å². The lowest BCUT2D eigenvalue weighted by Crippen LogP contribution is -2.40. The van der Waals surface area contributed by atoms with E-state index in [2.05, 4.69) is 49.5 Å². The number of hydrogen-bond acceptors (Lipinski definition) is 5. The fraction of sp³-hybridized carbons (Fsp3) is 0.769. The first-order valence-electron chi connectivity index (χ1n) is 18.8. The first kappa shape index (κ1) is 43.6. The molecule has 0 saturated carbocycles. The number of unbranched alkanes of at least 4 members (excludes halogenated alkanes) is 15. The van der Waals surface area contributed by atoms with Crippen LogP contribution in [-0.4, -0.2) is 41.6 Å². The summed E-state index contributed by atoms with van der Waals surface area (Å²) in [5.74, 6) is -1.36. The zero-order valence-corrected chi connectivity index (χ0v) is 29.7. The molecule has 0 radical (unpaired) electrons. The summed E-state index contributed by atoms with van der Waals surface area (Å²) in [5.41, 5.74) is 5.46. The average Bonchev–Trinajstić information content (AvgIpc) is 3.04. The Morgan fingerprint density at radius 3 is 1.74 bits per heavy atom. The Bertz CT molecular complexity index is 823. The minimum absolute atomic E-state index is 0.114. The third kappa shape index (κ3) is 30.3. The molecule has 0 saturated heterocycles. The quantitative estimate of drug-likeness (QED) is 0.0371. The van der Waals surface area contributed by atoms with Crippen LogP contribution in [0.3, 0.4) is 0 Å². The molecule has 0 aromatic carbocycles. The molecule has 0 fully saturated rings. The molecule has 46 heavy (non-hydrogen) atoms. The highest BCUT2D eigenvalue weighted by Crippen LogP contribution is 2.15. The maximum atomic E-state index is 12.6. The second-order valence-corrected chi connectivity index (χ2v) is 12.6. The van der Waals surface area contributed by atoms with Gasteiger partial charge in [-0.2, -0.15) is 0 Å². The Labute approximate surface area is 282 Å². The highest BCUT2D eigenvalue weighted by atomic mass is 16.5. The van der Waals surface area contributed by atoms with E-state index in [0.29, 0.717) is 38.6 Å². The minimum Gasteiger partial charge on any atom is -0.480 e. The molecule has 4 N–H and O–H groups in total. The number of carbonyl (C=O) groups is 3. The van der Waals surface area contributed by atoms with Crippen molar-refractivity contribution in [2.75, 3.05) is 6.54 Å². The molecule has 1 amide bonds. The van der Waals surface area contributed by atoms with Crippen molar-refractivity contribution < 1.29 is 24.2 Å². The molecule has 7 nitrogen and oxygen atoms in total. The zero-order chi connectivity index (χ0) is 33.9. The summed E-state index contributed by atoms with van der Waals surface area (Å²) in [6, 6.07) is -0.874. The Balaban J connectivity index is 4.36. The summed E-state index contributed by atoms with van der Waals surface area (Å²) in [5, 5.41) is 11.9. The van der Waals surface area contributed by atoms with Gasteiger partial charge in [-0.1, -0.05) is 134 Å². The fourth-order valence-electron chi connectivity index (χ4n) is 5.38. The van der Waals surface area contributed by atoms with Gasteiger partial charge in [-0.05, 0) is 70.4 Å². The topological polar surface area (TPSA) is 119 Å². The smallest absolute Gasteiger partial charge is 0.326 e.